The highest BCUT2D eigenvalue weighted by Crippen LogP contribution is 2.25. The Morgan fingerprint density at radius 3 is 2.88 bits per heavy atom. The highest BCUT2D eigenvalue weighted by Gasteiger charge is 2.36. The Hall–Kier alpha value is -2.35. The third-order valence-electron chi connectivity index (χ3n) is 4.10. The smallest absolute Gasteiger partial charge is 0.260 e. The number of aromatic nitrogens is 1. The molecular formula is C17H20N2O5S. The van der Waals surface area contributed by atoms with E-state index < -0.39 is 15.9 Å². The van der Waals surface area contributed by atoms with E-state index in [1.165, 1.54) is 6.26 Å². The first kappa shape index (κ1) is 17.5. The van der Waals surface area contributed by atoms with E-state index in [2.05, 4.69) is 4.98 Å². The summed E-state index contributed by atoms with van der Waals surface area (Å²) in [5, 5.41) is 0. The van der Waals surface area contributed by atoms with Crippen molar-refractivity contribution < 1.29 is 22.4 Å². The number of ether oxygens (including phenoxy) is 1. The maximum atomic E-state index is 13.1. The number of amides is 1. The van der Waals surface area contributed by atoms with Crippen molar-refractivity contribution >= 4 is 15.7 Å². The molecule has 1 aliphatic heterocycles. The highest BCUT2D eigenvalue weighted by atomic mass is 32.2. The Bertz CT molecular complexity index is 832. The van der Waals surface area contributed by atoms with Crippen molar-refractivity contribution in [3.05, 3.63) is 48.0 Å². The number of hydrogen-bond donors (Lipinski definition) is 0. The summed E-state index contributed by atoms with van der Waals surface area (Å²) >= 11 is 0. The van der Waals surface area contributed by atoms with Crippen LogP contribution < -0.4 is 4.74 Å². The first-order chi connectivity index (χ1) is 12.0. The SMILES string of the molecule is CCOc1ncccc1C(=O)N(Cc1ccco1)C1CCS(=O)(=O)C1. The first-order valence-electron chi connectivity index (χ1n) is 8.12. The highest BCUT2D eigenvalue weighted by molar-refractivity contribution is 7.91. The summed E-state index contributed by atoms with van der Waals surface area (Å²) in [6, 6.07) is 6.40. The largest absolute Gasteiger partial charge is 0.477 e. The van der Waals surface area contributed by atoms with Gasteiger partial charge < -0.3 is 14.1 Å². The quantitative estimate of drug-likeness (QED) is 0.778. The minimum absolute atomic E-state index is 0.0380. The molecule has 0 aromatic carbocycles. The molecule has 1 saturated heterocycles. The Kier molecular flexibility index (Phi) is 5.08. The van der Waals surface area contributed by atoms with Crippen molar-refractivity contribution in [2.75, 3.05) is 18.1 Å². The van der Waals surface area contributed by atoms with Gasteiger partial charge in [-0.2, -0.15) is 0 Å². The van der Waals surface area contributed by atoms with E-state index in [-0.39, 0.29) is 29.8 Å². The second-order valence-electron chi connectivity index (χ2n) is 5.86. The fourth-order valence-corrected chi connectivity index (χ4v) is 4.65. The second kappa shape index (κ2) is 7.26. The van der Waals surface area contributed by atoms with Crippen LogP contribution in [0.1, 0.15) is 29.5 Å². The molecule has 0 aliphatic carbocycles. The standard InChI is InChI=1S/C17H20N2O5S/c1-2-23-16-15(6-3-8-18-16)17(20)19(11-14-5-4-9-24-14)13-7-10-25(21,22)12-13/h3-6,8-9,13H,2,7,10-12H2,1H3. The van der Waals surface area contributed by atoms with E-state index in [4.69, 9.17) is 9.15 Å². The van der Waals surface area contributed by atoms with E-state index in [0.717, 1.165) is 0 Å². The van der Waals surface area contributed by atoms with Gasteiger partial charge in [0.2, 0.25) is 5.88 Å². The Balaban J connectivity index is 1.92. The van der Waals surface area contributed by atoms with Gasteiger partial charge in [0.05, 0.1) is 30.9 Å². The van der Waals surface area contributed by atoms with Crippen LogP contribution in [-0.2, 0) is 16.4 Å². The van der Waals surface area contributed by atoms with E-state index in [1.54, 1.807) is 35.4 Å². The molecule has 1 atom stereocenters. The lowest BCUT2D eigenvalue weighted by Gasteiger charge is -2.28. The predicted molar refractivity (Wildman–Crippen MR) is 91.0 cm³/mol. The number of hydrogen-bond acceptors (Lipinski definition) is 6. The van der Waals surface area contributed by atoms with Crippen LogP contribution in [0, 0.1) is 0 Å². The first-order valence-corrected chi connectivity index (χ1v) is 9.94. The molecule has 0 saturated carbocycles. The van der Waals surface area contributed by atoms with Crippen molar-refractivity contribution in [3.63, 3.8) is 0 Å². The van der Waals surface area contributed by atoms with Gasteiger partial charge in [-0.1, -0.05) is 0 Å². The van der Waals surface area contributed by atoms with Crippen molar-refractivity contribution in [2.45, 2.75) is 25.9 Å². The summed E-state index contributed by atoms with van der Waals surface area (Å²) in [5.41, 5.74) is 0.320. The summed E-state index contributed by atoms with van der Waals surface area (Å²) < 4.78 is 34.6. The zero-order valence-corrected chi connectivity index (χ0v) is 14.7. The molecule has 1 amide bonds. The monoisotopic (exact) mass is 364 g/mol. The normalized spacial score (nSPS) is 18.8. The lowest BCUT2D eigenvalue weighted by atomic mass is 10.1. The molecule has 25 heavy (non-hydrogen) atoms. The van der Waals surface area contributed by atoms with Gasteiger partial charge in [0.1, 0.15) is 11.3 Å². The summed E-state index contributed by atoms with van der Waals surface area (Å²) in [7, 11) is -3.13. The van der Waals surface area contributed by atoms with Gasteiger partial charge in [0, 0.05) is 12.2 Å². The number of nitrogens with zero attached hydrogens (tertiary/aromatic N) is 2. The van der Waals surface area contributed by atoms with Gasteiger partial charge >= 0.3 is 0 Å². The fraction of sp³-hybridized carbons (Fsp3) is 0.412. The van der Waals surface area contributed by atoms with Crippen LogP contribution in [0.4, 0.5) is 0 Å². The van der Waals surface area contributed by atoms with Gasteiger partial charge in [-0.15, -0.1) is 0 Å². The molecule has 2 aromatic rings. The second-order valence-corrected chi connectivity index (χ2v) is 8.09. The lowest BCUT2D eigenvalue weighted by molar-refractivity contribution is 0.0661. The van der Waals surface area contributed by atoms with Crippen LogP contribution in [0.25, 0.3) is 0 Å². The fourth-order valence-electron chi connectivity index (χ4n) is 2.92. The maximum absolute atomic E-state index is 13.1. The van der Waals surface area contributed by atoms with Crippen LogP contribution in [0.15, 0.2) is 41.1 Å². The average molecular weight is 364 g/mol. The zero-order valence-electron chi connectivity index (χ0n) is 13.9. The van der Waals surface area contributed by atoms with Crippen molar-refractivity contribution in [3.8, 4) is 5.88 Å². The Morgan fingerprint density at radius 2 is 2.24 bits per heavy atom. The number of carbonyl (C=O) groups excluding carboxylic acids is 1. The molecule has 2 aromatic heterocycles. The Labute approximate surface area is 146 Å². The molecule has 3 heterocycles. The molecule has 8 heteroatoms. The number of carbonyl (C=O) groups is 1. The molecule has 7 nitrogen and oxygen atoms in total. The van der Waals surface area contributed by atoms with Crippen LogP contribution in [0.5, 0.6) is 5.88 Å². The maximum Gasteiger partial charge on any atom is 0.260 e. The minimum Gasteiger partial charge on any atom is -0.477 e. The van der Waals surface area contributed by atoms with E-state index in [0.29, 0.717) is 24.4 Å². The molecule has 0 radical (unpaired) electrons. The van der Waals surface area contributed by atoms with Gasteiger partial charge in [0.15, 0.2) is 9.84 Å². The third kappa shape index (κ3) is 4.01. The summed E-state index contributed by atoms with van der Waals surface area (Å²) in [6.45, 7) is 2.40. The van der Waals surface area contributed by atoms with Crippen LogP contribution in [0.3, 0.4) is 0 Å². The molecule has 1 fully saturated rings. The molecule has 1 aliphatic rings. The number of furan rings is 1. The summed E-state index contributed by atoms with van der Waals surface area (Å²) in [5.74, 6) is 0.587. The van der Waals surface area contributed by atoms with Crippen LogP contribution >= 0.6 is 0 Å². The number of pyridine rings is 1. The molecule has 0 spiro atoms. The van der Waals surface area contributed by atoms with Gasteiger partial charge in [0.25, 0.3) is 5.91 Å². The van der Waals surface area contributed by atoms with Crippen LogP contribution in [-0.4, -0.2) is 48.4 Å². The Morgan fingerprint density at radius 1 is 1.40 bits per heavy atom. The predicted octanol–water partition coefficient (Wildman–Crippen LogP) is 1.90. The van der Waals surface area contributed by atoms with Gasteiger partial charge in [-0.25, -0.2) is 13.4 Å². The van der Waals surface area contributed by atoms with E-state index in [1.807, 2.05) is 6.92 Å². The molecule has 134 valence electrons. The number of rotatable bonds is 6. The van der Waals surface area contributed by atoms with Crippen molar-refractivity contribution in [1.82, 2.24) is 9.88 Å². The van der Waals surface area contributed by atoms with E-state index in [9.17, 15) is 13.2 Å². The minimum atomic E-state index is -3.13. The third-order valence-corrected chi connectivity index (χ3v) is 5.85. The summed E-state index contributed by atoms with van der Waals surface area (Å²) in [6.07, 6.45) is 3.50. The molecular weight excluding hydrogens is 344 g/mol. The van der Waals surface area contributed by atoms with Crippen molar-refractivity contribution in [1.29, 1.82) is 0 Å². The van der Waals surface area contributed by atoms with Gasteiger partial charge in [-0.05, 0) is 37.6 Å². The van der Waals surface area contributed by atoms with E-state index >= 15 is 0 Å². The van der Waals surface area contributed by atoms with Crippen molar-refractivity contribution in [2.24, 2.45) is 0 Å². The lowest BCUT2D eigenvalue weighted by Crippen LogP contribution is -2.40. The molecule has 1 unspecified atom stereocenters. The average Bonchev–Trinajstić information content (AvgIpc) is 3.22. The molecule has 0 bridgehead atoms. The topological polar surface area (TPSA) is 89.7 Å². The molecule has 0 N–H and O–H groups in total. The summed E-state index contributed by atoms with van der Waals surface area (Å²) in [4.78, 5) is 18.8. The van der Waals surface area contributed by atoms with Crippen LogP contribution in [0.2, 0.25) is 0 Å². The zero-order chi connectivity index (χ0) is 17.9. The molecule has 3 rings (SSSR count). The van der Waals surface area contributed by atoms with Gasteiger partial charge in [-0.3, -0.25) is 4.79 Å². The number of sulfone groups is 1.